The Labute approximate surface area is 61.8 Å². The van der Waals surface area contributed by atoms with Crippen molar-refractivity contribution in [2.45, 2.75) is 0 Å². The molecule has 0 aliphatic heterocycles. The number of aromatic nitrogens is 3. The number of anilines is 1. The minimum Gasteiger partial charge on any atom is -0.307 e. The predicted molar refractivity (Wildman–Crippen MR) is 35.7 cm³/mol. The third-order valence-corrected chi connectivity index (χ3v) is 1.05. The quantitative estimate of drug-likeness (QED) is 0.598. The smallest absolute Gasteiger partial charge is 0.240 e. The molecule has 0 radical (unpaired) electrons. The van der Waals surface area contributed by atoms with Crippen molar-refractivity contribution in [1.82, 2.24) is 15.4 Å². The second-order valence-electron chi connectivity index (χ2n) is 1.54. The van der Waals surface area contributed by atoms with Crippen molar-refractivity contribution in [2.75, 3.05) is 11.2 Å². The lowest BCUT2D eigenvalue weighted by atomic mass is 10.6. The molecule has 54 valence electrons. The largest absolute Gasteiger partial charge is 0.307 e. The Morgan fingerprint density at radius 2 is 2.70 bits per heavy atom. The Morgan fingerprint density at radius 1 is 1.90 bits per heavy atom. The molecule has 1 amide bonds. The minimum absolute atomic E-state index is 0.0765. The zero-order valence-corrected chi connectivity index (χ0v) is 5.72. The fourth-order valence-electron chi connectivity index (χ4n) is 0.438. The average molecular weight is 161 g/mol. The van der Waals surface area contributed by atoms with Gasteiger partial charge in [-0.1, -0.05) is 0 Å². The number of hydrogen-bond acceptors (Lipinski definition) is 3. The molecule has 1 aromatic rings. The highest BCUT2D eigenvalue weighted by Crippen LogP contribution is 1.94. The highest BCUT2D eigenvalue weighted by Gasteiger charge is 1.99. The zero-order chi connectivity index (χ0) is 7.40. The number of amides is 1. The maximum atomic E-state index is 10.6. The third kappa shape index (κ3) is 1.70. The number of hydrogen-bond donors (Lipinski definition) is 2. The number of nitrogens with zero attached hydrogens (tertiary/aromatic N) is 2. The fraction of sp³-hybridized carbons (Fsp3) is 0.250. The van der Waals surface area contributed by atoms with Gasteiger partial charge in [0.1, 0.15) is 5.88 Å². The molecule has 5 nitrogen and oxygen atoms in total. The summed E-state index contributed by atoms with van der Waals surface area (Å²) < 4.78 is 0. The number of rotatable bonds is 2. The zero-order valence-electron chi connectivity index (χ0n) is 4.97. The van der Waals surface area contributed by atoms with Crippen molar-refractivity contribution in [2.24, 2.45) is 0 Å². The summed E-state index contributed by atoms with van der Waals surface area (Å²) in [6, 6.07) is 0. The monoisotopic (exact) mass is 160 g/mol. The van der Waals surface area contributed by atoms with E-state index >= 15 is 0 Å². The van der Waals surface area contributed by atoms with E-state index in [1.165, 1.54) is 6.20 Å². The molecular weight excluding hydrogens is 156 g/mol. The molecule has 1 aromatic heterocycles. The van der Waals surface area contributed by atoms with Crippen LogP contribution in [0.5, 0.6) is 0 Å². The first kappa shape index (κ1) is 7.01. The van der Waals surface area contributed by atoms with Crippen molar-refractivity contribution >= 4 is 23.3 Å². The van der Waals surface area contributed by atoms with Gasteiger partial charge in [-0.05, 0) is 0 Å². The van der Waals surface area contributed by atoms with Gasteiger partial charge in [0.15, 0.2) is 5.82 Å². The molecule has 2 N–H and O–H groups in total. The van der Waals surface area contributed by atoms with Gasteiger partial charge >= 0.3 is 0 Å². The van der Waals surface area contributed by atoms with Crippen LogP contribution in [0.4, 0.5) is 5.82 Å². The first-order valence-corrected chi connectivity index (χ1v) is 3.08. The summed E-state index contributed by atoms with van der Waals surface area (Å²) in [5.74, 6) is 0.00793. The van der Waals surface area contributed by atoms with Gasteiger partial charge in [-0.25, -0.2) is 0 Å². The molecular formula is C4H5ClN4O. The molecule has 0 aliphatic rings. The van der Waals surface area contributed by atoms with Crippen LogP contribution in [-0.2, 0) is 4.79 Å². The minimum atomic E-state index is -0.296. The summed E-state index contributed by atoms with van der Waals surface area (Å²) in [5.41, 5.74) is 0. The van der Waals surface area contributed by atoms with Gasteiger partial charge in [-0.15, -0.1) is 16.7 Å². The van der Waals surface area contributed by atoms with Crippen LogP contribution in [0.25, 0.3) is 0 Å². The van der Waals surface area contributed by atoms with Gasteiger partial charge < -0.3 is 5.32 Å². The Bertz CT molecular complexity index is 209. The van der Waals surface area contributed by atoms with E-state index in [4.69, 9.17) is 11.6 Å². The molecule has 0 aliphatic carbocycles. The highest BCUT2D eigenvalue weighted by atomic mass is 35.5. The SMILES string of the molecule is O=C(CCl)Nc1cn[nH]n1. The lowest BCUT2D eigenvalue weighted by molar-refractivity contribution is -0.113. The van der Waals surface area contributed by atoms with E-state index in [0.717, 1.165) is 0 Å². The van der Waals surface area contributed by atoms with E-state index in [-0.39, 0.29) is 11.8 Å². The number of H-pyrrole nitrogens is 1. The first-order chi connectivity index (χ1) is 4.83. The van der Waals surface area contributed by atoms with Crippen molar-refractivity contribution in [3.05, 3.63) is 6.20 Å². The Balaban J connectivity index is 2.48. The molecule has 0 saturated heterocycles. The number of carbonyl (C=O) groups excluding carboxylic acids is 1. The lowest BCUT2D eigenvalue weighted by Crippen LogP contribution is -2.12. The number of nitrogens with one attached hydrogen (secondary N) is 2. The molecule has 1 heterocycles. The summed E-state index contributed by atoms with van der Waals surface area (Å²) in [6.45, 7) is 0. The maximum Gasteiger partial charge on any atom is 0.240 e. The molecule has 0 aromatic carbocycles. The number of halogens is 1. The van der Waals surface area contributed by atoms with Crippen LogP contribution in [0.1, 0.15) is 0 Å². The Kier molecular flexibility index (Phi) is 2.22. The van der Waals surface area contributed by atoms with Crippen molar-refractivity contribution < 1.29 is 4.79 Å². The van der Waals surface area contributed by atoms with E-state index in [9.17, 15) is 4.79 Å². The van der Waals surface area contributed by atoms with Crippen LogP contribution >= 0.6 is 11.6 Å². The van der Waals surface area contributed by atoms with Gasteiger partial charge in [-0.2, -0.15) is 10.3 Å². The van der Waals surface area contributed by atoms with Crippen molar-refractivity contribution in [1.29, 1.82) is 0 Å². The van der Waals surface area contributed by atoms with Crippen LogP contribution in [0.3, 0.4) is 0 Å². The van der Waals surface area contributed by atoms with Crippen molar-refractivity contribution in [3.8, 4) is 0 Å². The third-order valence-electron chi connectivity index (χ3n) is 0.804. The van der Waals surface area contributed by atoms with Crippen molar-refractivity contribution in [3.63, 3.8) is 0 Å². The summed E-state index contributed by atoms with van der Waals surface area (Å²) in [6.07, 6.45) is 1.39. The number of aromatic amines is 1. The second-order valence-corrected chi connectivity index (χ2v) is 1.80. The van der Waals surface area contributed by atoms with E-state index in [1.54, 1.807) is 0 Å². The maximum absolute atomic E-state index is 10.6. The molecule has 6 heteroatoms. The van der Waals surface area contributed by atoms with Gasteiger partial charge in [0.2, 0.25) is 5.91 Å². The molecule has 0 bridgehead atoms. The Hall–Kier alpha value is -1.10. The molecule has 0 atom stereocenters. The normalized spacial score (nSPS) is 9.30. The standard InChI is InChI=1S/C4H5ClN4O/c5-1-4(10)7-3-2-6-9-8-3/h2H,1H2,(H2,6,7,8,9,10). The predicted octanol–water partition coefficient (Wildman–Crippen LogP) is -0.0180. The lowest BCUT2D eigenvalue weighted by Gasteiger charge is -1.93. The van der Waals surface area contributed by atoms with E-state index in [0.29, 0.717) is 5.82 Å². The van der Waals surface area contributed by atoms with E-state index in [2.05, 4.69) is 20.7 Å². The van der Waals surface area contributed by atoms with Gasteiger partial charge in [0.05, 0.1) is 6.20 Å². The molecule has 0 unspecified atom stereocenters. The number of alkyl halides is 1. The summed E-state index contributed by atoms with van der Waals surface area (Å²) >= 11 is 5.20. The van der Waals surface area contributed by atoms with E-state index < -0.39 is 0 Å². The average Bonchev–Trinajstić information content (AvgIpc) is 2.40. The van der Waals surface area contributed by atoms with Crippen LogP contribution in [-0.4, -0.2) is 27.2 Å². The fourth-order valence-corrected chi connectivity index (χ4v) is 0.505. The van der Waals surface area contributed by atoms with Gasteiger partial charge in [0.25, 0.3) is 0 Å². The van der Waals surface area contributed by atoms with Gasteiger partial charge in [-0.3, -0.25) is 4.79 Å². The summed E-state index contributed by atoms with van der Waals surface area (Å²) in [5, 5.41) is 11.8. The molecule has 10 heavy (non-hydrogen) atoms. The molecule has 0 fully saturated rings. The van der Waals surface area contributed by atoms with Crippen LogP contribution in [0.2, 0.25) is 0 Å². The van der Waals surface area contributed by atoms with E-state index in [1.807, 2.05) is 0 Å². The topological polar surface area (TPSA) is 70.7 Å². The summed E-state index contributed by atoms with van der Waals surface area (Å²) in [4.78, 5) is 10.6. The van der Waals surface area contributed by atoms with Gasteiger partial charge in [0, 0.05) is 0 Å². The highest BCUT2D eigenvalue weighted by molar-refractivity contribution is 6.28. The second kappa shape index (κ2) is 3.17. The first-order valence-electron chi connectivity index (χ1n) is 2.54. The summed E-state index contributed by atoms with van der Waals surface area (Å²) in [7, 11) is 0. The van der Waals surface area contributed by atoms with Crippen LogP contribution in [0, 0.1) is 0 Å². The molecule has 0 saturated carbocycles. The van der Waals surface area contributed by atoms with Crippen LogP contribution < -0.4 is 5.32 Å². The number of carbonyl (C=O) groups is 1. The Morgan fingerprint density at radius 3 is 3.20 bits per heavy atom. The molecule has 1 rings (SSSR count). The molecule has 0 spiro atoms. The van der Waals surface area contributed by atoms with Crippen LogP contribution in [0.15, 0.2) is 6.20 Å².